The van der Waals surface area contributed by atoms with E-state index in [0.717, 1.165) is 82.6 Å². The second-order valence-corrected chi connectivity index (χ2v) is 27.4. The van der Waals surface area contributed by atoms with Crippen LogP contribution in [0, 0.1) is 44.9 Å². The highest BCUT2D eigenvalue weighted by Gasteiger charge is 2.33. The van der Waals surface area contributed by atoms with Gasteiger partial charge in [-0.15, -0.1) is 0 Å². The van der Waals surface area contributed by atoms with Crippen LogP contribution in [0.5, 0.6) is 23.5 Å². The summed E-state index contributed by atoms with van der Waals surface area (Å²) in [5.41, 5.74) is 11.8. The summed E-state index contributed by atoms with van der Waals surface area (Å²) in [7, 11) is 9.43. The summed E-state index contributed by atoms with van der Waals surface area (Å²) in [5, 5.41) is 21.5. The van der Waals surface area contributed by atoms with Gasteiger partial charge in [-0.1, -0.05) is 184 Å². The zero-order chi connectivity index (χ0) is 70.2. The average molecular weight is 1300 g/mol. The predicted octanol–water partition coefficient (Wildman–Crippen LogP) is 19.5. The van der Waals surface area contributed by atoms with Crippen LogP contribution in [-0.4, -0.2) is 72.8 Å². The average Bonchev–Trinajstić information content (AvgIpc) is 0.809. The molecule has 12 nitrogen and oxygen atoms in total. The van der Waals surface area contributed by atoms with Crippen LogP contribution >= 0.6 is 0 Å². The maximum atomic E-state index is 14.5. The number of aryl methyl sites for hydroxylation is 4. The van der Waals surface area contributed by atoms with Gasteiger partial charge in [-0.3, -0.25) is 0 Å². The normalized spacial score (nSPS) is 13.0. The number of benzene rings is 4. The fourth-order valence-electron chi connectivity index (χ4n) is 11.0. The molecule has 16 heteroatoms. The number of methoxy groups -OCH3 is 6. The van der Waals surface area contributed by atoms with Crippen LogP contribution in [-0.2, 0) is 35.2 Å². The Hall–Kier alpha value is -7.76. The number of aliphatic hydroxyl groups is 2. The highest BCUT2D eigenvalue weighted by atomic mass is 19.1. The molecule has 8 aromatic rings. The van der Waals surface area contributed by atoms with Gasteiger partial charge in [-0.05, 0) is 114 Å². The van der Waals surface area contributed by atoms with Gasteiger partial charge in [-0.2, -0.15) is 0 Å². The number of halogens is 4. The Kier molecular flexibility index (Phi) is 27.5. The van der Waals surface area contributed by atoms with Gasteiger partial charge in [0.25, 0.3) is 0 Å². The standard InChI is InChI=1S/2C20H26FNO2.2C19H24FNO2/c2*1-7-13-8-9-14(15-11-18(23-5)22-12-17(15)21)16(10-13)19(24-6)20(2,3)4;2*1-6-12-7-8-13(15(9-12)18(22)19(2,3)4)14-10-17(23-5)21-11-16(14)20/h2*8-12,19H,7H2,1-6H3;2*7-11,18,22H,6H2,1-5H3/t2*19-;2*18-/m1010/s1. The molecule has 508 valence electrons. The smallest absolute Gasteiger partial charge is 0.213 e. The molecule has 8 rings (SSSR count). The van der Waals surface area contributed by atoms with Crippen LogP contribution in [0.4, 0.5) is 17.6 Å². The highest BCUT2D eigenvalue weighted by molar-refractivity contribution is 5.73. The molecular weight excluding hydrogens is 1200 g/mol. The number of aromatic nitrogens is 4. The molecule has 0 radical (unpaired) electrons. The molecule has 4 aromatic heterocycles. The number of aliphatic hydroxyl groups excluding tert-OH is 2. The molecule has 4 aromatic carbocycles. The lowest BCUT2D eigenvalue weighted by molar-refractivity contribution is 0.0155. The molecule has 0 unspecified atom stereocenters. The molecule has 0 amide bonds. The molecule has 0 aliphatic heterocycles. The monoisotopic (exact) mass is 1300 g/mol. The summed E-state index contributed by atoms with van der Waals surface area (Å²) < 4.78 is 89.7. The molecule has 0 aliphatic carbocycles. The number of pyridine rings is 4. The van der Waals surface area contributed by atoms with Crippen LogP contribution in [0.3, 0.4) is 0 Å². The largest absolute Gasteiger partial charge is 0.481 e. The first kappa shape index (κ1) is 76.9. The summed E-state index contributed by atoms with van der Waals surface area (Å²) in [6, 6.07) is 30.2. The van der Waals surface area contributed by atoms with E-state index in [9.17, 15) is 27.8 Å². The van der Waals surface area contributed by atoms with E-state index in [-0.39, 0.29) is 45.5 Å². The molecule has 0 spiro atoms. The number of ether oxygens (including phenoxy) is 6. The first-order valence-corrected chi connectivity index (χ1v) is 31.9. The van der Waals surface area contributed by atoms with Gasteiger partial charge in [0.15, 0.2) is 0 Å². The summed E-state index contributed by atoms with van der Waals surface area (Å²) in [5.74, 6) is -0.137. The minimum Gasteiger partial charge on any atom is -0.481 e. The van der Waals surface area contributed by atoms with E-state index in [4.69, 9.17) is 28.4 Å². The van der Waals surface area contributed by atoms with Crippen LogP contribution in [0.1, 0.15) is 180 Å². The maximum Gasteiger partial charge on any atom is 0.213 e. The summed E-state index contributed by atoms with van der Waals surface area (Å²) >= 11 is 0. The van der Waals surface area contributed by atoms with Crippen molar-refractivity contribution in [2.45, 2.75) is 161 Å². The van der Waals surface area contributed by atoms with Crippen molar-refractivity contribution in [2.75, 3.05) is 42.7 Å². The van der Waals surface area contributed by atoms with Crippen molar-refractivity contribution in [1.29, 1.82) is 0 Å². The van der Waals surface area contributed by atoms with Gasteiger partial charge >= 0.3 is 0 Å². The van der Waals surface area contributed by atoms with E-state index < -0.39 is 23.8 Å². The minimum absolute atomic E-state index is 0.122. The van der Waals surface area contributed by atoms with Crippen molar-refractivity contribution in [3.05, 3.63) is 190 Å². The van der Waals surface area contributed by atoms with E-state index >= 15 is 0 Å². The first-order valence-electron chi connectivity index (χ1n) is 31.9. The molecule has 4 atom stereocenters. The second kappa shape index (κ2) is 33.6. The fraction of sp³-hybridized carbons (Fsp3) is 0.436. The lowest BCUT2D eigenvalue weighted by Crippen LogP contribution is -2.21. The van der Waals surface area contributed by atoms with Crippen molar-refractivity contribution in [3.63, 3.8) is 0 Å². The van der Waals surface area contributed by atoms with Crippen LogP contribution in [0.15, 0.2) is 122 Å². The third-order valence-electron chi connectivity index (χ3n) is 16.3. The molecule has 0 aliphatic rings. The fourth-order valence-corrected chi connectivity index (χ4v) is 11.0. The first-order chi connectivity index (χ1) is 44.2. The minimum atomic E-state index is -0.706. The van der Waals surface area contributed by atoms with Gasteiger partial charge in [-0.25, -0.2) is 37.5 Å². The zero-order valence-corrected chi connectivity index (χ0v) is 59.3. The van der Waals surface area contributed by atoms with Crippen LogP contribution in [0.25, 0.3) is 44.5 Å². The quantitative estimate of drug-likeness (QED) is 0.0788. The molecule has 0 bridgehead atoms. The summed E-state index contributed by atoms with van der Waals surface area (Å²) in [6.07, 6.45) is 6.50. The zero-order valence-electron chi connectivity index (χ0n) is 59.3. The van der Waals surface area contributed by atoms with Crippen molar-refractivity contribution < 1.29 is 56.2 Å². The second-order valence-electron chi connectivity index (χ2n) is 27.4. The van der Waals surface area contributed by atoms with E-state index in [1.807, 2.05) is 102 Å². The number of rotatable bonds is 18. The summed E-state index contributed by atoms with van der Waals surface area (Å²) in [4.78, 5) is 15.6. The Morgan fingerprint density at radius 2 is 0.532 bits per heavy atom. The highest BCUT2D eigenvalue weighted by Crippen LogP contribution is 2.45. The molecule has 0 saturated carbocycles. The third kappa shape index (κ3) is 19.7. The summed E-state index contributed by atoms with van der Waals surface area (Å²) in [6.45, 7) is 32.8. The predicted molar refractivity (Wildman–Crippen MR) is 369 cm³/mol. The van der Waals surface area contributed by atoms with Crippen LogP contribution in [0.2, 0.25) is 0 Å². The van der Waals surface area contributed by atoms with E-state index in [2.05, 4.69) is 101 Å². The maximum absolute atomic E-state index is 14.5. The van der Waals surface area contributed by atoms with Crippen LogP contribution < -0.4 is 18.9 Å². The molecule has 94 heavy (non-hydrogen) atoms. The number of hydrogen-bond donors (Lipinski definition) is 2. The van der Waals surface area contributed by atoms with Crippen molar-refractivity contribution in [2.24, 2.45) is 21.7 Å². The van der Waals surface area contributed by atoms with Crippen molar-refractivity contribution >= 4 is 0 Å². The van der Waals surface area contributed by atoms with Gasteiger partial charge in [0.1, 0.15) is 23.3 Å². The van der Waals surface area contributed by atoms with E-state index in [0.29, 0.717) is 56.9 Å². The third-order valence-corrected chi connectivity index (χ3v) is 16.3. The van der Waals surface area contributed by atoms with Gasteiger partial charge in [0, 0.05) is 60.7 Å². The molecule has 2 N–H and O–H groups in total. The van der Waals surface area contributed by atoms with E-state index in [1.165, 1.54) is 52.0 Å². The van der Waals surface area contributed by atoms with Gasteiger partial charge in [0.2, 0.25) is 23.5 Å². The number of hydrogen-bond acceptors (Lipinski definition) is 12. The van der Waals surface area contributed by atoms with Gasteiger partial charge in [0.05, 0.1) is 77.6 Å². The Morgan fingerprint density at radius 3 is 0.713 bits per heavy atom. The van der Waals surface area contributed by atoms with E-state index in [1.54, 1.807) is 38.5 Å². The van der Waals surface area contributed by atoms with Crippen molar-refractivity contribution in [1.82, 2.24) is 19.9 Å². The lowest BCUT2D eigenvalue weighted by Gasteiger charge is -2.32. The topological polar surface area (TPSA) is 147 Å². The number of nitrogens with zero attached hydrogens (tertiary/aromatic N) is 4. The Morgan fingerprint density at radius 1 is 0.319 bits per heavy atom. The molecule has 0 fully saturated rings. The molecule has 0 saturated heterocycles. The molecular formula is C78H100F4N4O8. The van der Waals surface area contributed by atoms with Crippen molar-refractivity contribution in [3.8, 4) is 68.0 Å². The SMILES string of the molecule is CCc1ccc(-c2cc(OC)ncc2F)c([C@@H](O)C(C)(C)C)c1.CCc1ccc(-c2cc(OC)ncc2F)c([C@@H](OC)C(C)(C)C)c1.CCc1ccc(-c2cc(OC)ncc2F)c([C@H](O)C(C)(C)C)c1.CCc1ccc(-c2cc(OC)ncc2F)c([C@H](OC)C(C)(C)C)c1. The lowest BCUT2D eigenvalue weighted by atomic mass is 9.81. The van der Waals surface area contributed by atoms with Gasteiger partial charge < -0.3 is 38.6 Å². The Balaban J connectivity index is 0.000000227. The Bertz CT molecular complexity index is 3530. The molecule has 4 heterocycles. The Labute approximate surface area is 556 Å².